The summed E-state index contributed by atoms with van der Waals surface area (Å²) in [6.07, 6.45) is 6.74. The average Bonchev–Trinajstić information content (AvgIpc) is 3.02. The van der Waals surface area contributed by atoms with E-state index in [1.807, 2.05) is 36.4 Å². The number of nitrogens with two attached hydrogens (primary N) is 3. The van der Waals surface area contributed by atoms with E-state index >= 15 is 0 Å². The van der Waals surface area contributed by atoms with Gasteiger partial charge in [-0.1, -0.05) is 60.7 Å². The van der Waals surface area contributed by atoms with Crippen LogP contribution in [0.4, 0.5) is 22.7 Å². The minimum Gasteiger partial charge on any atom is -0.399 e. The molecule has 0 fully saturated rings. The second kappa shape index (κ2) is 13.9. The van der Waals surface area contributed by atoms with Gasteiger partial charge in [0.15, 0.2) is 0 Å². The number of nitrogen functional groups attached to an aromatic ring is 3. The molecule has 0 amide bonds. The van der Waals surface area contributed by atoms with Crippen LogP contribution in [0.25, 0.3) is 12.2 Å². The fourth-order valence-electron chi connectivity index (χ4n) is 5.83. The standard InChI is InChI=1S/C24H24N2O5.C14H16N2/c25-17-7-5-15-3-1-9-23(29,19(15)11-17)13-21(27)31-22(28)14-24(30)10-2-4-16-6-8-18(26)12-20(16)24;1-11-3-2-4-14(9-11)16-10-12-5-7-13(15)8-6-12/h1-8,11-12,29-30H,9-10,13-14,25-26H2;2-9,16H,10,15H2,1H3. The van der Waals surface area contributed by atoms with Gasteiger partial charge in [0.1, 0.15) is 11.2 Å². The summed E-state index contributed by atoms with van der Waals surface area (Å²) in [5.74, 6) is -1.75. The normalized spacial score (nSPS) is 19.0. The molecule has 0 saturated carbocycles. The Kier molecular flexibility index (Phi) is 9.79. The molecule has 4 aromatic rings. The molecule has 0 heterocycles. The van der Waals surface area contributed by atoms with Crippen LogP contribution in [0, 0.1) is 6.92 Å². The van der Waals surface area contributed by atoms with Gasteiger partial charge in [-0.3, -0.25) is 9.59 Å². The third kappa shape index (κ3) is 8.26. The van der Waals surface area contributed by atoms with Crippen molar-refractivity contribution in [2.24, 2.45) is 0 Å². The number of nitrogens with one attached hydrogen (secondary N) is 1. The highest BCUT2D eigenvalue weighted by Gasteiger charge is 2.39. The van der Waals surface area contributed by atoms with Gasteiger partial charge in [-0.2, -0.15) is 0 Å². The molecule has 0 spiro atoms. The smallest absolute Gasteiger partial charge is 0.316 e. The molecular weight excluding hydrogens is 592 g/mol. The number of hydrogen-bond acceptors (Lipinski definition) is 9. The highest BCUT2D eigenvalue weighted by Crippen LogP contribution is 2.39. The lowest BCUT2D eigenvalue weighted by atomic mass is 9.80. The Hall–Kier alpha value is -5.38. The lowest BCUT2D eigenvalue weighted by Gasteiger charge is -2.32. The molecule has 2 aliphatic carbocycles. The first kappa shape index (κ1) is 33.0. The third-order valence-corrected chi connectivity index (χ3v) is 8.26. The van der Waals surface area contributed by atoms with E-state index in [1.54, 1.807) is 48.6 Å². The molecule has 0 radical (unpaired) electrons. The first-order chi connectivity index (χ1) is 22.4. The van der Waals surface area contributed by atoms with E-state index in [1.165, 1.54) is 11.1 Å². The minimum atomic E-state index is -1.53. The monoisotopic (exact) mass is 632 g/mol. The lowest BCUT2D eigenvalue weighted by molar-refractivity contribution is -0.166. The van der Waals surface area contributed by atoms with Gasteiger partial charge in [0.2, 0.25) is 0 Å². The maximum Gasteiger partial charge on any atom is 0.316 e. The van der Waals surface area contributed by atoms with Crippen LogP contribution in [0.15, 0.2) is 97.1 Å². The maximum atomic E-state index is 12.5. The van der Waals surface area contributed by atoms with Crippen LogP contribution in [0.5, 0.6) is 0 Å². The van der Waals surface area contributed by atoms with Gasteiger partial charge >= 0.3 is 11.9 Å². The van der Waals surface area contributed by atoms with Crippen molar-refractivity contribution in [3.63, 3.8) is 0 Å². The van der Waals surface area contributed by atoms with Crippen molar-refractivity contribution in [2.75, 3.05) is 22.5 Å². The quantitative estimate of drug-likeness (QED) is 0.0836. The van der Waals surface area contributed by atoms with Crippen molar-refractivity contribution in [2.45, 2.75) is 50.4 Å². The van der Waals surface area contributed by atoms with Crippen molar-refractivity contribution in [3.8, 4) is 0 Å². The topological polar surface area (TPSA) is 174 Å². The molecule has 6 rings (SSSR count). The zero-order chi connectivity index (χ0) is 33.6. The van der Waals surface area contributed by atoms with Gasteiger partial charge in [0.05, 0.1) is 12.8 Å². The van der Waals surface area contributed by atoms with Gasteiger partial charge in [-0.05, 0) is 102 Å². The zero-order valence-corrected chi connectivity index (χ0v) is 26.3. The lowest BCUT2D eigenvalue weighted by Crippen LogP contribution is -2.35. The molecule has 0 aliphatic heterocycles. The minimum absolute atomic E-state index is 0.189. The van der Waals surface area contributed by atoms with Crippen LogP contribution in [-0.2, 0) is 32.1 Å². The third-order valence-electron chi connectivity index (χ3n) is 8.26. The molecule has 9 nitrogen and oxygen atoms in total. The number of carbonyl (C=O) groups excluding carboxylic acids is 2. The number of carbonyl (C=O) groups is 2. The number of fused-ring (bicyclic) bond motifs is 2. The molecule has 0 saturated heterocycles. The van der Waals surface area contributed by atoms with E-state index in [0.29, 0.717) is 22.5 Å². The summed E-state index contributed by atoms with van der Waals surface area (Å²) in [4.78, 5) is 25.0. The average molecular weight is 633 g/mol. The Morgan fingerprint density at radius 3 is 1.74 bits per heavy atom. The molecule has 242 valence electrons. The van der Waals surface area contributed by atoms with E-state index in [9.17, 15) is 19.8 Å². The van der Waals surface area contributed by atoms with E-state index in [2.05, 4.69) is 36.5 Å². The molecule has 9 N–H and O–H groups in total. The van der Waals surface area contributed by atoms with Crippen molar-refractivity contribution in [1.29, 1.82) is 0 Å². The highest BCUT2D eigenvalue weighted by molar-refractivity contribution is 5.87. The van der Waals surface area contributed by atoms with Crippen molar-refractivity contribution < 1.29 is 24.5 Å². The molecule has 2 aliphatic rings. The second-order valence-corrected chi connectivity index (χ2v) is 12.1. The number of aliphatic hydroxyl groups is 2. The maximum absolute atomic E-state index is 12.5. The Morgan fingerprint density at radius 2 is 1.23 bits per heavy atom. The predicted octanol–water partition coefficient (Wildman–Crippen LogP) is 5.80. The summed E-state index contributed by atoms with van der Waals surface area (Å²) in [7, 11) is 0. The molecule has 0 aromatic heterocycles. The van der Waals surface area contributed by atoms with Crippen molar-refractivity contribution >= 4 is 46.8 Å². The Morgan fingerprint density at radius 1 is 0.723 bits per heavy atom. The van der Waals surface area contributed by atoms with Gasteiger partial charge in [-0.25, -0.2) is 0 Å². The number of esters is 2. The van der Waals surface area contributed by atoms with Crippen LogP contribution in [0.2, 0.25) is 0 Å². The number of anilines is 4. The number of benzene rings is 4. The number of rotatable bonds is 7. The molecule has 0 bridgehead atoms. The predicted molar refractivity (Wildman–Crippen MR) is 186 cm³/mol. The van der Waals surface area contributed by atoms with Gasteiger partial charge in [-0.15, -0.1) is 0 Å². The SMILES string of the molecule is Cc1cccc(NCc2ccc(N)cc2)c1.Nc1ccc2c(c1)C(O)(CC(=O)OC(=O)CC1(O)CC=Cc3ccc(N)cc31)CC=C2. The van der Waals surface area contributed by atoms with E-state index < -0.39 is 36.0 Å². The first-order valence-electron chi connectivity index (χ1n) is 15.4. The fourth-order valence-corrected chi connectivity index (χ4v) is 5.83. The fraction of sp³-hybridized carbons (Fsp3) is 0.211. The summed E-state index contributed by atoms with van der Waals surface area (Å²) in [5, 5.41) is 25.5. The van der Waals surface area contributed by atoms with Gasteiger partial charge < -0.3 is 37.5 Å². The second-order valence-electron chi connectivity index (χ2n) is 12.1. The van der Waals surface area contributed by atoms with Crippen molar-refractivity contribution in [3.05, 3.63) is 130 Å². The van der Waals surface area contributed by atoms with E-state index in [4.69, 9.17) is 21.9 Å². The zero-order valence-electron chi connectivity index (χ0n) is 26.3. The number of aryl methyl sites for hydroxylation is 1. The molecule has 2 unspecified atom stereocenters. The number of ether oxygens (including phenoxy) is 1. The molecule has 2 atom stereocenters. The summed E-state index contributed by atoms with van der Waals surface area (Å²) in [5.41, 5.74) is 22.2. The molecule has 9 heteroatoms. The Labute approximate surface area is 274 Å². The summed E-state index contributed by atoms with van der Waals surface area (Å²) >= 11 is 0. The van der Waals surface area contributed by atoms with Gasteiger partial charge in [0.25, 0.3) is 0 Å². The van der Waals surface area contributed by atoms with Crippen LogP contribution in [0.1, 0.15) is 59.1 Å². The Balaban J connectivity index is 0.000000227. The summed E-state index contributed by atoms with van der Waals surface area (Å²) in [6.45, 7) is 2.91. The molecule has 4 aromatic carbocycles. The molecule has 47 heavy (non-hydrogen) atoms. The largest absolute Gasteiger partial charge is 0.399 e. The Bertz CT molecular complexity index is 1750. The van der Waals surface area contributed by atoms with Crippen LogP contribution < -0.4 is 22.5 Å². The first-order valence-corrected chi connectivity index (χ1v) is 15.4. The summed E-state index contributed by atoms with van der Waals surface area (Å²) in [6, 6.07) is 26.5. The van der Waals surface area contributed by atoms with Crippen molar-refractivity contribution in [1.82, 2.24) is 0 Å². The van der Waals surface area contributed by atoms with E-state index in [-0.39, 0.29) is 12.8 Å². The highest BCUT2D eigenvalue weighted by atomic mass is 16.6. The summed E-state index contributed by atoms with van der Waals surface area (Å²) < 4.78 is 4.97. The van der Waals surface area contributed by atoms with Gasteiger partial charge in [0, 0.05) is 29.3 Å². The number of hydrogen-bond donors (Lipinski definition) is 6. The molecular formula is C38H40N4O5. The van der Waals surface area contributed by atoms with Crippen LogP contribution >= 0.6 is 0 Å². The van der Waals surface area contributed by atoms with Crippen LogP contribution in [0.3, 0.4) is 0 Å². The van der Waals surface area contributed by atoms with E-state index in [0.717, 1.165) is 29.0 Å². The van der Waals surface area contributed by atoms with Crippen LogP contribution in [-0.4, -0.2) is 22.2 Å².